The number of aromatic nitrogens is 4. The molecule has 10 heteroatoms. The summed E-state index contributed by atoms with van der Waals surface area (Å²) in [5.74, 6) is 0.860. The Labute approximate surface area is 301 Å². The van der Waals surface area contributed by atoms with E-state index in [9.17, 15) is 9.90 Å². The van der Waals surface area contributed by atoms with Crippen molar-refractivity contribution in [3.8, 4) is 0 Å². The number of carbonyl (C=O) groups is 1. The van der Waals surface area contributed by atoms with Gasteiger partial charge in [0.2, 0.25) is 0 Å². The number of nitrogens with one attached hydrogen (secondary N) is 1. The van der Waals surface area contributed by atoms with Gasteiger partial charge in [0.1, 0.15) is 6.04 Å². The molecule has 3 saturated carbocycles. The van der Waals surface area contributed by atoms with E-state index >= 15 is 0 Å². The van der Waals surface area contributed by atoms with Crippen LogP contribution in [0.1, 0.15) is 128 Å². The van der Waals surface area contributed by atoms with Crippen LogP contribution in [-0.2, 0) is 14.3 Å². The Bertz CT molecular complexity index is 1480. The van der Waals surface area contributed by atoms with Crippen LogP contribution in [0.2, 0.25) is 0 Å². The third kappa shape index (κ3) is 5.34. The van der Waals surface area contributed by atoms with E-state index in [1.165, 1.54) is 5.57 Å². The minimum absolute atomic E-state index is 0.149. The first-order chi connectivity index (χ1) is 23.2. The molecule has 0 unspecified atom stereocenters. The second-order valence-electron chi connectivity index (χ2n) is 19.7. The molecule has 282 valence electrons. The van der Waals surface area contributed by atoms with Gasteiger partial charge < -0.3 is 25.6 Å². The first kappa shape index (κ1) is 37.7. The van der Waals surface area contributed by atoms with E-state index in [0.717, 1.165) is 38.5 Å². The summed E-state index contributed by atoms with van der Waals surface area (Å²) in [6, 6.07) is 0.146. The summed E-state index contributed by atoms with van der Waals surface area (Å²) in [6.07, 6.45) is 7.95. The van der Waals surface area contributed by atoms with E-state index < -0.39 is 11.9 Å². The molecule has 1 aliphatic heterocycles. The highest BCUT2D eigenvalue weighted by molar-refractivity contribution is 5.73. The molecule has 6 rings (SSSR count). The lowest BCUT2D eigenvalue weighted by atomic mass is 9.34. The van der Waals surface area contributed by atoms with Crippen molar-refractivity contribution in [1.29, 1.82) is 0 Å². The number of nitrogen functional groups attached to an aromatic ring is 1. The van der Waals surface area contributed by atoms with Crippen LogP contribution in [0.25, 0.3) is 0 Å². The van der Waals surface area contributed by atoms with Crippen LogP contribution < -0.4 is 11.1 Å². The highest BCUT2D eigenvalue weighted by Gasteiger charge is 2.72. The second kappa shape index (κ2) is 12.5. The molecule has 5 aliphatic rings. The fourth-order valence-electron chi connectivity index (χ4n) is 12.8. The summed E-state index contributed by atoms with van der Waals surface area (Å²) in [5.41, 5.74) is 6.09. The molecule has 0 aromatic carbocycles. The second-order valence-corrected chi connectivity index (χ2v) is 19.7. The summed E-state index contributed by atoms with van der Waals surface area (Å²) in [5, 5.41) is 28.1. The van der Waals surface area contributed by atoms with Crippen molar-refractivity contribution >= 4 is 11.9 Å². The van der Waals surface area contributed by atoms with Crippen molar-refractivity contribution < 1.29 is 19.4 Å². The predicted octanol–water partition coefficient (Wildman–Crippen LogP) is 7.18. The molecule has 12 atom stereocenters. The van der Waals surface area contributed by atoms with E-state index in [1.54, 1.807) is 4.80 Å². The zero-order valence-electron chi connectivity index (χ0n) is 33.2. The van der Waals surface area contributed by atoms with E-state index in [0.29, 0.717) is 49.5 Å². The van der Waals surface area contributed by atoms with Crippen LogP contribution >= 0.6 is 0 Å². The van der Waals surface area contributed by atoms with Gasteiger partial charge in [-0.1, -0.05) is 92.9 Å². The number of tetrazole rings is 1. The molecule has 1 saturated heterocycles. The average molecular weight is 697 g/mol. The fraction of sp³-hybridized carbons (Fsp3) is 0.900. The van der Waals surface area contributed by atoms with Crippen LogP contribution in [-0.4, -0.2) is 68.8 Å². The van der Waals surface area contributed by atoms with Gasteiger partial charge >= 0.3 is 5.97 Å². The number of fused-ring (bicyclic) bond motifs is 3. The van der Waals surface area contributed by atoms with Gasteiger partial charge in [-0.05, 0) is 96.5 Å². The van der Waals surface area contributed by atoms with E-state index in [2.05, 4.69) is 110 Å². The van der Waals surface area contributed by atoms with Crippen molar-refractivity contribution in [2.75, 3.05) is 25.6 Å². The number of carboxylic acid groups (broad SMARTS) is 1. The predicted molar refractivity (Wildman–Crippen MR) is 196 cm³/mol. The standard InChI is InChI=1S/C40H68N6O4/c1-23(2)26(7)35(8)17-18-37(10)27-13-14-30-36(9)20-49-22-40(30,28(27)15-16-38(37,11)31(35)33(47)48)19-29(46-44-34(41)43-45-46)32(36)50-21-39(12,24(3)4)42-25(5)6/h15,23-27,29-32,42H,13-14,16-22H2,1-12H3,(H2,41,44)(H,47,48)/t26-,27+,29-,30+,31-,32+,35-,36-,37-,38+,39+,40+/m1/s1. The lowest BCUT2D eigenvalue weighted by Crippen LogP contribution is -2.69. The number of nitrogens with zero attached hydrogens (tertiary/aromatic N) is 4. The number of hydrogen-bond acceptors (Lipinski definition) is 8. The van der Waals surface area contributed by atoms with Gasteiger partial charge in [0, 0.05) is 22.4 Å². The van der Waals surface area contributed by atoms with Crippen LogP contribution in [0.4, 0.5) is 5.95 Å². The van der Waals surface area contributed by atoms with Gasteiger partial charge in [-0.2, -0.15) is 4.80 Å². The molecule has 1 aromatic rings. The quantitative estimate of drug-likeness (QED) is 0.217. The fourth-order valence-corrected chi connectivity index (χ4v) is 12.8. The molecule has 2 bridgehead atoms. The highest BCUT2D eigenvalue weighted by Crippen LogP contribution is 2.75. The summed E-state index contributed by atoms with van der Waals surface area (Å²) < 4.78 is 13.9. The molecule has 10 nitrogen and oxygen atoms in total. The molecule has 4 fully saturated rings. The molecule has 0 spiro atoms. The molecule has 4 N–H and O–H groups in total. The number of rotatable bonds is 10. The van der Waals surface area contributed by atoms with Gasteiger partial charge in [-0.15, -0.1) is 5.10 Å². The molecule has 0 radical (unpaired) electrons. The molecule has 4 aliphatic carbocycles. The Kier molecular flexibility index (Phi) is 9.45. The maximum Gasteiger partial charge on any atom is 0.307 e. The first-order valence-corrected chi connectivity index (χ1v) is 19.7. The number of carboxylic acids is 1. The number of allylic oxidation sites excluding steroid dienone is 1. The molecular weight excluding hydrogens is 628 g/mol. The zero-order valence-corrected chi connectivity index (χ0v) is 33.2. The van der Waals surface area contributed by atoms with Crippen LogP contribution in [0.5, 0.6) is 0 Å². The van der Waals surface area contributed by atoms with Crippen LogP contribution in [0, 0.1) is 62.6 Å². The third-order valence-corrected chi connectivity index (χ3v) is 16.3. The monoisotopic (exact) mass is 697 g/mol. The van der Waals surface area contributed by atoms with Crippen molar-refractivity contribution in [3.05, 3.63) is 11.6 Å². The van der Waals surface area contributed by atoms with E-state index in [1.807, 2.05) is 0 Å². The Morgan fingerprint density at radius 3 is 2.38 bits per heavy atom. The number of ether oxygens (including phenoxy) is 2. The number of aliphatic carboxylic acids is 1. The van der Waals surface area contributed by atoms with Crippen molar-refractivity contribution in [3.63, 3.8) is 0 Å². The van der Waals surface area contributed by atoms with Crippen LogP contribution in [0.3, 0.4) is 0 Å². The average Bonchev–Trinajstić information content (AvgIpc) is 3.45. The number of hydrogen-bond donors (Lipinski definition) is 3. The highest BCUT2D eigenvalue weighted by atomic mass is 16.5. The summed E-state index contributed by atoms with van der Waals surface area (Å²) in [6.45, 7) is 29.2. The van der Waals surface area contributed by atoms with Gasteiger partial charge in [-0.3, -0.25) is 4.79 Å². The van der Waals surface area contributed by atoms with Crippen molar-refractivity contribution in [2.24, 2.45) is 62.6 Å². The largest absolute Gasteiger partial charge is 0.481 e. The Balaban J connectivity index is 1.43. The van der Waals surface area contributed by atoms with Gasteiger partial charge in [-0.25, -0.2) is 0 Å². The summed E-state index contributed by atoms with van der Waals surface area (Å²) in [7, 11) is 0. The van der Waals surface area contributed by atoms with Gasteiger partial charge in [0.15, 0.2) is 0 Å². The third-order valence-electron chi connectivity index (χ3n) is 16.3. The van der Waals surface area contributed by atoms with Gasteiger partial charge in [0.05, 0.1) is 31.8 Å². The molecule has 50 heavy (non-hydrogen) atoms. The maximum absolute atomic E-state index is 13.5. The van der Waals surface area contributed by atoms with E-state index in [-0.39, 0.29) is 56.6 Å². The zero-order chi connectivity index (χ0) is 36.8. The summed E-state index contributed by atoms with van der Waals surface area (Å²) in [4.78, 5) is 15.2. The SMILES string of the molecule is CC(C)N[C@@](C)(CO[C@H]1[C@H](n2nnc(N)n2)C[C@@]23COC[C@]1(C)[C@@H]2CC[C@H]1C3=CC[C@@]2(C)[C@H](C(=O)O)[C@@](C)([C@H](C)C(C)C)CC[C@]12C)C(C)C. The Hall–Kier alpha value is -2.04. The maximum atomic E-state index is 13.5. The number of nitrogens with two attached hydrogens (primary N) is 1. The Morgan fingerprint density at radius 2 is 1.80 bits per heavy atom. The molecular formula is C40H68N6O4. The van der Waals surface area contributed by atoms with Crippen molar-refractivity contribution in [2.45, 2.75) is 145 Å². The van der Waals surface area contributed by atoms with Gasteiger partial charge in [0.25, 0.3) is 5.95 Å². The Morgan fingerprint density at radius 1 is 1.10 bits per heavy atom. The first-order valence-electron chi connectivity index (χ1n) is 19.7. The topological polar surface area (TPSA) is 137 Å². The van der Waals surface area contributed by atoms with E-state index in [4.69, 9.17) is 15.2 Å². The number of anilines is 1. The summed E-state index contributed by atoms with van der Waals surface area (Å²) >= 11 is 0. The van der Waals surface area contributed by atoms with Crippen molar-refractivity contribution in [1.82, 2.24) is 25.5 Å². The molecule has 2 heterocycles. The minimum Gasteiger partial charge on any atom is -0.481 e. The lowest BCUT2D eigenvalue weighted by Gasteiger charge is -2.71. The smallest absolute Gasteiger partial charge is 0.307 e. The molecule has 1 aromatic heterocycles. The minimum atomic E-state index is -0.626. The molecule has 0 amide bonds. The normalized spacial score (nSPS) is 43.1. The lowest BCUT2D eigenvalue weighted by molar-refractivity contribution is -0.254. The van der Waals surface area contributed by atoms with Crippen LogP contribution in [0.15, 0.2) is 11.6 Å².